The van der Waals surface area contributed by atoms with Gasteiger partial charge in [0, 0.05) is 31.9 Å². The molecule has 0 bridgehead atoms. The highest BCUT2D eigenvalue weighted by atomic mass is 32.2. The fourth-order valence-corrected chi connectivity index (χ4v) is 4.59. The Labute approximate surface area is 193 Å². The van der Waals surface area contributed by atoms with Gasteiger partial charge in [-0.25, -0.2) is 0 Å². The van der Waals surface area contributed by atoms with Crippen molar-refractivity contribution in [2.24, 2.45) is 0 Å². The number of benzene rings is 2. The highest BCUT2D eigenvalue weighted by molar-refractivity contribution is 8.18. The summed E-state index contributed by atoms with van der Waals surface area (Å²) < 4.78 is 5.60. The van der Waals surface area contributed by atoms with Crippen LogP contribution in [0.4, 0.5) is 10.5 Å². The second kappa shape index (κ2) is 10.2. The third-order valence-electron chi connectivity index (χ3n) is 5.64. The molecule has 32 heavy (non-hydrogen) atoms. The molecule has 0 aromatic heterocycles. The minimum atomic E-state index is -0.215. The van der Waals surface area contributed by atoms with Crippen molar-refractivity contribution in [1.29, 1.82) is 0 Å². The number of thioether (sulfide) groups is 1. The Kier molecular flexibility index (Phi) is 7.17. The van der Waals surface area contributed by atoms with Crippen molar-refractivity contribution in [2.75, 3.05) is 44.4 Å². The molecule has 6 nitrogen and oxygen atoms in total. The molecule has 0 atom stereocenters. The van der Waals surface area contributed by atoms with Gasteiger partial charge in [0.2, 0.25) is 0 Å². The molecule has 4 rings (SSSR count). The van der Waals surface area contributed by atoms with Gasteiger partial charge >= 0.3 is 0 Å². The lowest BCUT2D eigenvalue weighted by atomic mass is 10.2. The smallest absolute Gasteiger partial charge is 0.294 e. The Morgan fingerprint density at radius 2 is 1.66 bits per heavy atom. The Balaban J connectivity index is 1.33. The summed E-state index contributed by atoms with van der Waals surface area (Å²) in [7, 11) is 0. The normalized spacial score (nSPS) is 18.6. The molecule has 2 fully saturated rings. The second-order valence-electron chi connectivity index (χ2n) is 8.11. The molecule has 0 saturated carbocycles. The molecule has 0 N–H and O–H groups in total. The van der Waals surface area contributed by atoms with Crippen LogP contribution in [0.25, 0.3) is 6.08 Å². The summed E-state index contributed by atoms with van der Waals surface area (Å²) in [6.07, 6.45) is 2.74. The van der Waals surface area contributed by atoms with Gasteiger partial charge in [-0.1, -0.05) is 36.8 Å². The zero-order valence-electron chi connectivity index (χ0n) is 18.6. The van der Waals surface area contributed by atoms with Crippen LogP contribution >= 0.6 is 11.8 Å². The van der Waals surface area contributed by atoms with E-state index in [1.165, 1.54) is 16.2 Å². The van der Waals surface area contributed by atoms with Crippen molar-refractivity contribution >= 4 is 34.7 Å². The molecule has 0 radical (unpaired) electrons. The SMILES string of the molecule is CCCOc1ccc(C=C2SC(=O)N(CN3CCN(c4ccc(C)cc4)CC3)C2=O)cc1. The van der Waals surface area contributed by atoms with Gasteiger partial charge in [0.15, 0.2) is 0 Å². The van der Waals surface area contributed by atoms with E-state index >= 15 is 0 Å². The molecule has 2 saturated heterocycles. The molecule has 7 heteroatoms. The van der Waals surface area contributed by atoms with E-state index in [1.807, 2.05) is 24.3 Å². The number of amides is 2. The molecule has 2 amide bonds. The van der Waals surface area contributed by atoms with Crippen molar-refractivity contribution in [1.82, 2.24) is 9.80 Å². The molecular formula is C25H29N3O3S. The lowest BCUT2D eigenvalue weighted by molar-refractivity contribution is -0.124. The van der Waals surface area contributed by atoms with Crippen LogP contribution in [0.3, 0.4) is 0 Å². The predicted molar refractivity (Wildman–Crippen MR) is 130 cm³/mol. The van der Waals surface area contributed by atoms with E-state index in [2.05, 4.69) is 47.9 Å². The van der Waals surface area contributed by atoms with Gasteiger partial charge in [-0.3, -0.25) is 19.4 Å². The van der Waals surface area contributed by atoms with Gasteiger partial charge in [-0.15, -0.1) is 0 Å². The molecule has 2 heterocycles. The van der Waals surface area contributed by atoms with Gasteiger partial charge in [0.05, 0.1) is 18.2 Å². The summed E-state index contributed by atoms with van der Waals surface area (Å²) in [6, 6.07) is 16.1. The topological polar surface area (TPSA) is 53.1 Å². The second-order valence-corrected chi connectivity index (χ2v) is 9.10. The number of rotatable bonds is 7. The Hall–Kier alpha value is -2.77. The van der Waals surface area contributed by atoms with E-state index in [4.69, 9.17) is 4.74 Å². The summed E-state index contributed by atoms with van der Waals surface area (Å²) >= 11 is 1.01. The van der Waals surface area contributed by atoms with Crippen LogP contribution in [0.2, 0.25) is 0 Å². The first-order valence-corrected chi connectivity index (χ1v) is 11.9. The molecule has 2 aliphatic heterocycles. The first-order valence-electron chi connectivity index (χ1n) is 11.1. The molecule has 168 valence electrons. The van der Waals surface area contributed by atoms with Crippen molar-refractivity contribution in [2.45, 2.75) is 20.3 Å². The first-order chi connectivity index (χ1) is 15.5. The third kappa shape index (κ3) is 5.34. The van der Waals surface area contributed by atoms with E-state index in [0.717, 1.165) is 55.7 Å². The van der Waals surface area contributed by atoms with Crippen molar-refractivity contribution < 1.29 is 14.3 Å². The number of imide groups is 1. The van der Waals surface area contributed by atoms with Gasteiger partial charge < -0.3 is 9.64 Å². The fourth-order valence-electron chi connectivity index (χ4n) is 3.76. The molecule has 0 aliphatic carbocycles. The van der Waals surface area contributed by atoms with Gasteiger partial charge in [0.1, 0.15) is 5.75 Å². The number of hydrogen-bond donors (Lipinski definition) is 0. The highest BCUT2D eigenvalue weighted by Crippen LogP contribution is 2.32. The van der Waals surface area contributed by atoms with Crippen molar-refractivity contribution in [3.63, 3.8) is 0 Å². The molecule has 0 unspecified atom stereocenters. The van der Waals surface area contributed by atoms with Crippen LogP contribution in [0.15, 0.2) is 53.4 Å². The van der Waals surface area contributed by atoms with E-state index in [-0.39, 0.29) is 11.1 Å². The predicted octanol–water partition coefficient (Wildman–Crippen LogP) is 4.60. The Morgan fingerprint density at radius 3 is 2.31 bits per heavy atom. The highest BCUT2D eigenvalue weighted by Gasteiger charge is 2.36. The van der Waals surface area contributed by atoms with Crippen LogP contribution in [-0.2, 0) is 4.79 Å². The number of ether oxygens (including phenoxy) is 1. The zero-order valence-corrected chi connectivity index (χ0v) is 19.4. The maximum absolute atomic E-state index is 12.9. The molecule has 2 aromatic carbocycles. The van der Waals surface area contributed by atoms with Crippen LogP contribution in [0, 0.1) is 6.92 Å². The molecule has 2 aromatic rings. The Morgan fingerprint density at radius 1 is 0.969 bits per heavy atom. The summed E-state index contributed by atoms with van der Waals surface area (Å²) in [5.41, 5.74) is 3.35. The minimum Gasteiger partial charge on any atom is -0.494 e. The van der Waals surface area contributed by atoms with E-state index in [0.29, 0.717) is 18.2 Å². The average Bonchev–Trinajstić information content (AvgIpc) is 3.07. The first kappa shape index (κ1) is 22.4. The lowest BCUT2D eigenvalue weighted by Crippen LogP contribution is -2.50. The lowest BCUT2D eigenvalue weighted by Gasteiger charge is -2.37. The number of piperazine rings is 1. The standard InChI is InChI=1S/C25H29N3O3S/c1-3-16-31-22-10-6-20(7-11-22)17-23-24(29)28(25(30)32-23)18-26-12-14-27(15-13-26)21-8-4-19(2)5-9-21/h4-11,17H,3,12-16,18H2,1-2H3. The zero-order chi connectivity index (χ0) is 22.5. The van der Waals surface area contributed by atoms with E-state index in [1.54, 1.807) is 6.08 Å². The monoisotopic (exact) mass is 451 g/mol. The summed E-state index contributed by atoms with van der Waals surface area (Å²) in [4.78, 5) is 31.7. The van der Waals surface area contributed by atoms with E-state index < -0.39 is 0 Å². The van der Waals surface area contributed by atoms with Crippen molar-refractivity contribution in [3.8, 4) is 5.75 Å². The summed E-state index contributed by atoms with van der Waals surface area (Å²) in [6.45, 7) is 8.55. The summed E-state index contributed by atoms with van der Waals surface area (Å²) in [5, 5.41) is -0.204. The van der Waals surface area contributed by atoms with Crippen LogP contribution < -0.4 is 9.64 Å². The summed E-state index contributed by atoms with van der Waals surface area (Å²) in [5.74, 6) is 0.592. The number of aryl methyl sites for hydroxylation is 1. The fraction of sp³-hybridized carbons (Fsp3) is 0.360. The van der Waals surface area contributed by atoms with Gasteiger partial charge in [-0.2, -0.15) is 0 Å². The van der Waals surface area contributed by atoms with Crippen LogP contribution in [-0.4, -0.2) is 60.4 Å². The van der Waals surface area contributed by atoms with Crippen LogP contribution in [0.5, 0.6) is 5.75 Å². The number of anilines is 1. The number of hydrogen-bond acceptors (Lipinski definition) is 6. The number of carbonyl (C=O) groups excluding carboxylic acids is 2. The number of carbonyl (C=O) groups is 2. The van der Waals surface area contributed by atoms with Crippen molar-refractivity contribution in [3.05, 3.63) is 64.6 Å². The average molecular weight is 452 g/mol. The molecule has 2 aliphatic rings. The largest absolute Gasteiger partial charge is 0.494 e. The van der Waals surface area contributed by atoms with Crippen LogP contribution in [0.1, 0.15) is 24.5 Å². The molecular weight excluding hydrogens is 422 g/mol. The van der Waals surface area contributed by atoms with Gasteiger partial charge in [0.25, 0.3) is 11.1 Å². The minimum absolute atomic E-state index is 0.204. The maximum Gasteiger partial charge on any atom is 0.294 e. The third-order valence-corrected chi connectivity index (χ3v) is 6.54. The number of nitrogens with zero attached hydrogens (tertiary/aromatic N) is 3. The molecule has 0 spiro atoms. The van der Waals surface area contributed by atoms with Gasteiger partial charge in [-0.05, 0) is 61.0 Å². The van der Waals surface area contributed by atoms with E-state index in [9.17, 15) is 9.59 Å². The quantitative estimate of drug-likeness (QED) is 0.574. The Bertz CT molecular complexity index is 980. The maximum atomic E-state index is 12.9.